The third-order valence-corrected chi connectivity index (χ3v) is 5.67. The van der Waals surface area contributed by atoms with E-state index in [-0.39, 0.29) is 0 Å². The van der Waals surface area contributed by atoms with Gasteiger partial charge in [-0.1, -0.05) is 42.5 Å². The molecule has 2 aromatic carbocycles. The molecule has 0 fully saturated rings. The van der Waals surface area contributed by atoms with Crippen LogP contribution in [0, 0.1) is 0 Å². The molecule has 0 bridgehead atoms. The van der Waals surface area contributed by atoms with Crippen LogP contribution in [-0.2, 0) is 23.0 Å². The molecule has 0 radical (unpaired) electrons. The van der Waals surface area contributed by atoms with E-state index < -0.39 is 10.8 Å². The molecule has 2 N–H and O–H groups in total. The molecule has 1 unspecified atom stereocenters. The number of aliphatic imine (C=N–C) groups is 1. The van der Waals surface area contributed by atoms with E-state index in [4.69, 9.17) is 4.74 Å². The lowest BCUT2D eigenvalue weighted by molar-refractivity contribution is 0.414. The first kappa shape index (κ1) is 22.0. The summed E-state index contributed by atoms with van der Waals surface area (Å²) >= 11 is 0. The average molecular weight is 402 g/mol. The molecule has 28 heavy (non-hydrogen) atoms. The minimum Gasteiger partial charge on any atom is -0.497 e. The van der Waals surface area contributed by atoms with Crippen molar-refractivity contribution in [2.75, 3.05) is 33.0 Å². The van der Waals surface area contributed by atoms with E-state index in [2.05, 4.69) is 27.8 Å². The fourth-order valence-corrected chi connectivity index (χ4v) is 3.83. The van der Waals surface area contributed by atoms with Gasteiger partial charge >= 0.3 is 0 Å². The molecule has 2 aromatic rings. The van der Waals surface area contributed by atoms with Gasteiger partial charge in [-0.05, 0) is 42.5 Å². The molecule has 0 aliphatic rings. The van der Waals surface area contributed by atoms with E-state index >= 15 is 0 Å². The summed E-state index contributed by atoms with van der Waals surface area (Å²) in [6.07, 6.45) is 3.22. The molecular weight excluding hydrogens is 370 g/mol. The van der Waals surface area contributed by atoms with Crippen LogP contribution in [0.5, 0.6) is 5.75 Å². The van der Waals surface area contributed by atoms with E-state index in [9.17, 15) is 4.21 Å². The van der Waals surface area contributed by atoms with Crippen LogP contribution in [-0.4, -0.2) is 43.2 Å². The molecule has 2 rings (SSSR count). The maximum Gasteiger partial charge on any atom is 0.191 e. The lowest BCUT2D eigenvalue weighted by Crippen LogP contribution is -2.39. The second kappa shape index (κ2) is 12.9. The van der Waals surface area contributed by atoms with Crippen molar-refractivity contribution >= 4 is 16.8 Å². The van der Waals surface area contributed by atoms with Crippen molar-refractivity contribution in [3.05, 3.63) is 65.7 Å². The maximum atomic E-state index is 12.2. The summed E-state index contributed by atoms with van der Waals surface area (Å²) in [6, 6.07) is 18.2. The average Bonchev–Trinajstić information content (AvgIpc) is 2.73. The topological polar surface area (TPSA) is 62.7 Å². The summed E-state index contributed by atoms with van der Waals surface area (Å²) in [5.41, 5.74) is 2.43. The van der Waals surface area contributed by atoms with Crippen molar-refractivity contribution in [1.82, 2.24) is 10.6 Å². The summed E-state index contributed by atoms with van der Waals surface area (Å²) in [5.74, 6) is 2.86. The van der Waals surface area contributed by atoms with Gasteiger partial charge in [-0.15, -0.1) is 0 Å². The minimum absolute atomic E-state index is 0.597. The molecule has 0 aliphatic heterocycles. The predicted octanol–water partition coefficient (Wildman–Crippen LogP) is 3.13. The molecule has 6 heteroatoms. The monoisotopic (exact) mass is 401 g/mol. The predicted molar refractivity (Wildman–Crippen MR) is 118 cm³/mol. The first-order valence-corrected chi connectivity index (χ1v) is 11.2. The number of rotatable bonds is 11. The Morgan fingerprint density at radius 1 is 0.964 bits per heavy atom. The molecule has 0 saturated carbocycles. The van der Waals surface area contributed by atoms with Gasteiger partial charge in [-0.25, -0.2) is 0 Å². The van der Waals surface area contributed by atoms with Crippen LogP contribution in [0.15, 0.2) is 59.6 Å². The van der Waals surface area contributed by atoms with Crippen molar-refractivity contribution in [3.63, 3.8) is 0 Å². The zero-order chi connectivity index (χ0) is 20.0. The summed E-state index contributed by atoms with van der Waals surface area (Å²) < 4.78 is 17.3. The van der Waals surface area contributed by atoms with Crippen LogP contribution >= 0.6 is 0 Å². The molecule has 1 atom stereocenters. The number of guanidine groups is 1. The van der Waals surface area contributed by atoms with Gasteiger partial charge < -0.3 is 15.4 Å². The number of unbranched alkanes of at least 4 members (excludes halogenated alkanes) is 1. The Labute approximate surface area is 171 Å². The first-order chi connectivity index (χ1) is 13.7. The highest BCUT2D eigenvalue weighted by Crippen LogP contribution is 2.12. The lowest BCUT2D eigenvalue weighted by atomic mass is 10.1. The summed E-state index contributed by atoms with van der Waals surface area (Å²) in [4.78, 5) is 4.23. The second-order valence-electron chi connectivity index (χ2n) is 6.50. The molecule has 0 aliphatic carbocycles. The van der Waals surface area contributed by atoms with Crippen molar-refractivity contribution in [3.8, 4) is 5.75 Å². The van der Waals surface area contributed by atoms with E-state index in [0.29, 0.717) is 18.1 Å². The van der Waals surface area contributed by atoms with Gasteiger partial charge in [0.2, 0.25) is 0 Å². The summed E-state index contributed by atoms with van der Waals surface area (Å²) in [7, 11) is 2.56. The Bertz CT molecular complexity index is 733. The van der Waals surface area contributed by atoms with Crippen LogP contribution in [0.3, 0.4) is 0 Å². The van der Waals surface area contributed by atoms with Gasteiger partial charge in [0.05, 0.1) is 7.11 Å². The quantitative estimate of drug-likeness (QED) is 0.345. The van der Waals surface area contributed by atoms with Gasteiger partial charge in [0.25, 0.3) is 0 Å². The van der Waals surface area contributed by atoms with E-state index in [1.54, 1.807) is 14.2 Å². The molecule has 0 amide bonds. The maximum absolute atomic E-state index is 12.2. The molecule has 0 aromatic heterocycles. The Balaban J connectivity index is 1.56. The van der Waals surface area contributed by atoms with Gasteiger partial charge in [0.1, 0.15) is 5.75 Å². The Hall–Kier alpha value is -2.34. The Kier molecular flexibility index (Phi) is 10.1. The minimum atomic E-state index is -0.876. The smallest absolute Gasteiger partial charge is 0.191 e. The molecule has 0 saturated heterocycles. The van der Waals surface area contributed by atoms with Crippen molar-refractivity contribution in [1.29, 1.82) is 0 Å². The van der Waals surface area contributed by atoms with E-state index in [1.165, 1.54) is 5.56 Å². The zero-order valence-electron chi connectivity index (χ0n) is 16.8. The standard InChI is InChI=1S/C22H31N3O2S/c1-23-22(25-16-17-28(26)18-20-9-4-3-5-10-20)24-15-7-6-8-19-11-13-21(27-2)14-12-19/h3-5,9-14H,6-8,15-18H2,1-2H3,(H2,23,24,25). The number of methoxy groups -OCH3 is 1. The summed E-state index contributed by atoms with van der Waals surface area (Å²) in [6.45, 7) is 1.51. The van der Waals surface area contributed by atoms with Crippen LogP contribution in [0.4, 0.5) is 0 Å². The number of hydrogen-bond acceptors (Lipinski definition) is 3. The van der Waals surface area contributed by atoms with Crippen LogP contribution in [0.2, 0.25) is 0 Å². The second-order valence-corrected chi connectivity index (χ2v) is 8.08. The molecule has 0 heterocycles. The van der Waals surface area contributed by atoms with Crippen molar-refractivity contribution in [2.24, 2.45) is 4.99 Å². The fraction of sp³-hybridized carbons (Fsp3) is 0.409. The van der Waals surface area contributed by atoms with Gasteiger partial charge in [-0.2, -0.15) is 0 Å². The summed E-state index contributed by atoms with van der Waals surface area (Å²) in [5, 5.41) is 6.56. The van der Waals surface area contributed by atoms with Gasteiger partial charge in [-0.3, -0.25) is 9.20 Å². The van der Waals surface area contributed by atoms with Crippen molar-refractivity contribution in [2.45, 2.75) is 25.0 Å². The number of benzene rings is 2. The van der Waals surface area contributed by atoms with Crippen LogP contribution in [0.25, 0.3) is 0 Å². The van der Waals surface area contributed by atoms with Crippen LogP contribution in [0.1, 0.15) is 24.0 Å². The highest BCUT2D eigenvalue weighted by atomic mass is 32.2. The van der Waals surface area contributed by atoms with Gasteiger partial charge in [0, 0.05) is 42.4 Å². The first-order valence-electron chi connectivity index (χ1n) is 9.67. The molecule has 152 valence electrons. The van der Waals surface area contributed by atoms with Crippen molar-refractivity contribution < 1.29 is 8.95 Å². The highest BCUT2D eigenvalue weighted by Gasteiger charge is 2.03. The van der Waals surface area contributed by atoms with E-state index in [0.717, 1.165) is 43.1 Å². The van der Waals surface area contributed by atoms with E-state index in [1.807, 2.05) is 42.5 Å². The SMILES string of the molecule is CN=C(NCCCCc1ccc(OC)cc1)NCCS(=O)Cc1ccccc1. The van der Waals surface area contributed by atoms with Crippen LogP contribution < -0.4 is 15.4 Å². The number of hydrogen-bond donors (Lipinski definition) is 2. The molecular formula is C22H31N3O2S. The molecule has 0 spiro atoms. The fourth-order valence-electron chi connectivity index (χ4n) is 2.79. The number of nitrogens with zero attached hydrogens (tertiary/aromatic N) is 1. The highest BCUT2D eigenvalue weighted by molar-refractivity contribution is 7.84. The molecule has 5 nitrogen and oxygen atoms in total. The zero-order valence-corrected chi connectivity index (χ0v) is 17.6. The number of nitrogens with one attached hydrogen (secondary N) is 2. The largest absolute Gasteiger partial charge is 0.497 e. The number of aryl methyl sites for hydroxylation is 1. The number of ether oxygens (including phenoxy) is 1. The third kappa shape index (κ3) is 8.57. The van der Waals surface area contributed by atoms with Gasteiger partial charge in [0.15, 0.2) is 5.96 Å². The third-order valence-electron chi connectivity index (χ3n) is 4.36. The lowest BCUT2D eigenvalue weighted by Gasteiger charge is -2.12. The Morgan fingerprint density at radius 2 is 1.68 bits per heavy atom. The Morgan fingerprint density at radius 3 is 2.36 bits per heavy atom. The normalized spacial score (nSPS) is 12.4.